The van der Waals surface area contributed by atoms with Gasteiger partial charge in [-0.15, -0.1) is 0 Å². The Labute approximate surface area is 259 Å². The number of ether oxygens (including phenoxy) is 2. The molecule has 12 heteroatoms. The van der Waals surface area contributed by atoms with Gasteiger partial charge >= 0.3 is 12.2 Å². The molecular formula is C31H29Cl2N5O5. The normalized spacial score (nSPS) is 13.0. The van der Waals surface area contributed by atoms with E-state index in [1.165, 1.54) is 9.80 Å². The summed E-state index contributed by atoms with van der Waals surface area (Å²) in [5, 5.41) is 10.1. The summed E-state index contributed by atoms with van der Waals surface area (Å²) in [6.07, 6.45) is 0.205. The van der Waals surface area contributed by atoms with Gasteiger partial charge in [-0.05, 0) is 47.5 Å². The lowest BCUT2D eigenvalue weighted by Gasteiger charge is -2.33. The van der Waals surface area contributed by atoms with E-state index in [2.05, 4.69) is 9.97 Å². The van der Waals surface area contributed by atoms with Crippen LogP contribution < -0.4 is 9.64 Å². The van der Waals surface area contributed by atoms with Crippen LogP contribution in [-0.4, -0.2) is 70.3 Å². The maximum Gasteiger partial charge on any atom is 0.410 e. The predicted molar refractivity (Wildman–Crippen MR) is 164 cm³/mol. The molecule has 1 saturated heterocycles. The van der Waals surface area contributed by atoms with Crippen molar-refractivity contribution in [1.29, 1.82) is 0 Å². The monoisotopic (exact) mass is 621 g/mol. The molecule has 0 aliphatic carbocycles. The minimum absolute atomic E-state index is 0.166. The molecule has 1 fully saturated rings. The number of hydrogen-bond acceptors (Lipinski definition) is 7. The fraction of sp³-hybridized carbons (Fsp3) is 0.226. The van der Waals surface area contributed by atoms with Crippen LogP contribution in [0, 0.1) is 0 Å². The Balaban J connectivity index is 1.33. The SMILES string of the molecule is CN(Cc1cc(Oc2ccc(N3CCN(C(=O)O)CC3)nc2)nc(-c2cc(Cl)cc(Cl)c2)c1)C(=O)OCc1ccccc1. The second kappa shape index (κ2) is 13.6. The number of nitrogens with zero attached hydrogens (tertiary/aromatic N) is 5. The summed E-state index contributed by atoms with van der Waals surface area (Å²) < 4.78 is 11.6. The van der Waals surface area contributed by atoms with Gasteiger partial charge in [-0.2, -0.15) is 0 Å². The van der Waals surface area contributed by atoms with Crippen LogP contribution in [0.2, 0.25) is 10.0 Å². The van der Waals surface area contributed by atoms with Crippen molar-refractivity contribution in [1.82, 2.24) is 19.8 Å². The van der Waals surface area contributed by atoms with Gasteiger partial charge in [0, 0.05) is 61.4 Å². The fourth-order valence-corrected chi connectivity index (χ4v) is 5.11. The van der Waals surface area contributed by atoms with Crippen LogP contribution in [0.4, 0.5) is 15.4 Å². The highest BCUT2D eigenvalue weighted by atomic mass is 35.5. The van der Waals surface area contributed by atoms with Crippen molar-refractivity contribution < 1.29 is 24.2 Å². The van der Waals surface area contributed by atoms with Gasteiger partial charge < -0.3 is 29.3 Å². The van der Waals surface area contributed by atoms with Crippen molar-refractivity contribution in [3.05, 3.63) is 100 Å². The molecule has 0 spiro atoms. The molecule has 3 heterocycles. The molecule has 2 aromatic carbocycles. The highest BCUT2D eigenvalue weighted by Gasteiger charge is 2.21. The van der Waals surface area contributed by atoms with E-state index in [9.17, 15) is 14.7 Å². The van der Waals surface area contributed by atoms with Crippen LogP contribution in [0.25, 0.3) is 11.3 Å². The zero-order chi connectivity index (χ0) is 30.3. The summed E-state index contributed by atoms with van der Waals surface area (Å²) in [5.41, 5.74) is 2.89. The highest BCUT2D eigenvalue weighted by molar-refractivity contribution is 6.35. The average molecular weight is 623 g/mol. The summed E-state index contributed by atoms with van der Waals surface area (Å²) in [5.74, 6) is 1.48. The summed E-state index contributed by atoms with van der Waals surface area (Å²) in [6.45, 7) is 2.32. The first-order chi connectivity index (χ1) is 20.7. The number of carbonyl (C=O) groups excluding carboxylic acids is 1. The van der Waals surface area contributed by atoms with Crippen LogP contribution in [0.1, 0.15) is 11.1 Å². The maximum absolute atomic E-state index is 12.7. The maximum atomic E-state index is 12.7. The molecule has 0 unspecified atom stereocenters. The van der Waals surface area contributed by atoms with Gasteiger partial charge in [0.1, 0.15) is 18.2 Å². The lowest BCUT2D eigenvalue weighted by atomic mass is 10.1. The van der Waals surface area contributed by atoms with Gasteiger partial charge in [-0.3, -0.25) is 0 Å². The van der Waals surface area contributed by atoms with Crippen molar-refractivity contribution in [2.24, 2.45) is 0 Å². The second-order valence-corrected chi connectivity index (χ2v) is 10.8. The molecule has 5 rings (SSSR count). The fourth-order valence-electron chi connectivity index (χ4n) is 4.59. The van der Waals surface area contributed by atoms with Crippen molar-refractivity contribution in [2.75, 3.05) is 38.1 Å². The number of aromatic nitrogens is 2. The zero-order valence-corrected chi connectivity index (χ0v) is 24.8. The lowest BCUT2D eigenvalue weighted by molar-refractivity contribution is 0.103. The van der Waals surface area contributed by atoms with Gasteiger partial charge in [0.25, 0.3) is 0 Å². The number of carboxylic acid groups (broad SMARTS) is 1. The summed E-state index contributed by atoms with van der Waals surface area (Å²) >= 11 is 12.5. The zero-order valence-electron chi connectivity index (χ0n) is 23.3. The van der Waals surface area contributed by atoms with E-state index in [1.54, 1.807) is 43.6 Å². The lowest BCUT2D eigenvalue weighted by Crippen LogP contribution is -2.48. The molecule has 1 aliphatic heterocycles. The summed E-state index contributed by atoms with van der Waals surface area (Å²) in [4.78, 5) is 38.0. The third-order valence-corrected chi connectivity index (χ3v) is 7.21. The molecular weight excluding hydrogens is 593 g/mol. The van der Waals surface area contributed by atoms with Crippen LogP contribution >= 0.6 is 23.2 Å². The number of amides is 2. The topological polar surface area (TPSA) is 108 Å². The van der Waals surface area contributed by atoms with E-state index in [4.69, 9.17) is 32.7 Å². The number of benzene rings is 2. The highest BCUT2D eigenvalue weighted by Crippen LogP contribution is 2.30. The number of rotatable bonds is 8. The van der Waals surface area contributed by atoms with Gasteiger partial charge in [-0.1, -0.05) is 53.5 Å². The van der Waals surface area contributed by atoms with Gasteiger partial charge in [0.2, 0.25) is 5.88 Å². The van der Waals surface area contributed by atoms with Crippen molar-refractivity contribution >= 4 is 41.2 Å². The molecule has 2 amide bonds. The first kappa shape index (κ1) is 29.9. The van der Waals surface area contributed by atoms with Crippen LogP contribution in [-0.2, 0) is 17.9 Å². The van der Waals surface area contributed by atoms with Crippen molar-refractivity contribution in [3.63, 3.8) is 0 Å². The van der Waals surface area contributed by atoms with E-state index in [0.717, 1.165) is 16.9 Å². The smallest absolute Gasteiger partial charge is 0.410 e. The Morgan fingerprint density at radius 3 is 2.30 bits per heavy atom. The number of carbonyl (C=O) groups is 2. The Morgan fingerprint density at radius 1 is 0.930 bits per heavy atom. The number of piperazine rings is 1. The Hall–Kier alpha value is -4.54. The van der Waals surface area contributed by atoms with E-state index in [-0.39, 0.29) is 13.2 Å². The summed E-state index contributed by atoms with van der Waals surface area (Å²) in [7, 11) is 1.66. The number of hydrogen-bond donors (Lipinski definition) is 1. The molecule has 4 aromatic rings. The van der Waals surface area contributed by atoms with E-state index >= 15 is 0 Å². The second-order valence-electron chi connectivity index (χ2n) is 9.96. The molecule has 0 saturated carbocycles. The first-order valence-corrected chi connectivity index (χ1v) is 14.2. The predicted octanol–water partition coefficient (Wildman–Crippen LogP) is 6.81. The van der Waals surface area contributed by atoms with Crippen LogP contribution in [0.3, 0.4) is 0 Å². The quantitative estimate of drug-likeness (QED) is 0.228. The minimum Gasteiger partial charge on any atom is -0.465 e. The van der Waals surface area contributed by atoms with Crippen molar-refractivity contribution in [2.45, 2.75) is 13.2 Å². The molecule has 1 aliphatic rings. The Bertz CT molecular complexity index is 1560. The third-order valence-electron chi connectivity index (χ3n) is 6.77. The molecule has 2 aromatic heterocycles. The largest absolute Gasteiger partial charge is 0.465 e. The number of pyridine rings is 2. The first-order valence-electron chi connectivity index (χ1n) is 13.5. The van der Waals surface area contributed by atoms with Crippen LogP contribution in [0.5, 0.6) is 11.6 Å². The van der Waals surface area contributed by atoms with Gasteiger partial charge in [0.05, 0.1) is 11.9 Å². The number of anilines is 1. The molecule has 222 valence electrons. The molecule has 0 atom stereocenters. The molecule has 1 N–H and O–H groups in total. The van der Waals surface area contributed by atoms with E-state index < -0.39 is 12.2 Å². The molecule has 0 bridgehead atoms. The van der Waals surface area contributed by atoms with E-state index in [1.807, 2.05) is 47.4 Å². The molecule has 10 nitrogen and oxygen atoms in total. The number of halogens is 2. The summed E-state index contributed by atoms with van der Waals surface area (Å²) in [6, 6.07) is 21.8. The molecule has 43 heavy (non-hydrogen) atoms. The third kappa shape index (κ3) is 8.06. The Kier molecular flexibility index (Phi) is 9.48. The standard InChI is InChI=1S/C31H29Cl2N5O5/c1-36(31(41)42-20-21-5-3-2-4-6-21)19-22-13-27(23-15-24(32)17-25(33)16-23)35-29(14-22)43-26-7-8-28(34-18-26)37-9-11-38(12-10-37)30(39)40/h2-8,13-18H,9-12,19-20H2,1H3,(H,39,40). The van der Waals surface area contributed by atoms with E-state index in [0.29, 0.717) is 59.1 Å². The van der Waals surface area contributed by atoms with Crippen molar-refractivity contribution in [3.8, 4) is 22.9 Å². The van der Waals surface area contributed by atoms with Gasteiger partial charge in [0.15, 0.2) is 0 Å². The van der Waals surface area contributed by atoms with Gasteiger partial charge in [-0.25, -0.2) is 19.6 Å². The average Bonchev–Trinajstić information content (AvgIpc) is 3.00. The Morgan fingerprint density at radius 2 is 1.65 bits per heavy atom. The molecule has 0 radical (unpaired) electrons. The minimum atomic E-state index is -0.916. The van der Waals surface area contributed by atoms with Crippen LogP contribution in [0.15, 0.2) is 79.0 Å².